The van der Waals surface area contributed by atoms with Crippen LogP contribution in [0.2, 0.25) is 0 Å². The number of nitrogens with one attached hydrogen (secondary N) is 1. The van der Waals surface area contributed by atoms with Crippen molar-refractivity contribution in [1.29, 1.82) is 0 Å². The topological polar surface area (TPSA) is 58.6 Å². The van der Waals surface area contributed by atoms with Crippen LogP contribution in [0.4, 0.5) is 0 Å². The first-order valence-electron chi connectivity index (χ1n) is 8.44. The highest BCUT2D eigenvalue weighted by Gasteiger charge is 2.12. The molecule has 0 saturated carbocycles. The second-order valence-electron chi connectivity index (χ2n) is 6.34. The highest BCUT2D eigenvalue weighted by Crippen LogP contribution is 2.20. The zero-order valence-electron chi connectivity index (χ0n) is 14.0. The van der Waals surface area contributed by atoms with Crippen molar-refractivity contribution in [3.05, 3.63) is 41.5 Å². The van der Waals surface area contributed by atoms with Gasteiger partial charge in [0, 0.05) is 13.0 Å². The normalized spacial score (nSPS) is 15.9. The summed E-state index contributed by atoms with van der Waals surface area (Å²) in [4.78, 5) is 11.9. The molecule has 23 heavy (non-hydrogen) atoms. The van der Waals surface area contributed by atoms with E-state index in [-0.39, 0.29) is 18.6 Å². The molecule has 1 unspecified atom stereocenters. The Hall–Kier alpha value is -1.81. The van der Waals surface area contributed by atoms with Crippen LogP contribution >= 0.6 is 0 Å². The Bertz CT molecular complexity index is 534. The molecule has 4 nitrogen and oxygen atoms in total. The lowest BCUT2D eigenvalue weighted by atomic mass is 9.97. The first-order chi connectivity index (χ1) is 11.0. The molecule has 1 amide bonds. The van der Waals surface area contributed by atoms with Gasteiger partial charge in [0.1, 0.15) is 5.75 Å². The maximum atomic E-state index is 11.9. The molecule has 4 heteroatoms. The van der Waals surface area contributed by atoms with Crippen molar-refractivity contribution in [2.75, 3.05) is 6.54 Å². The van der Waals surface area contributed by atoms with E-state index < -0.39 is 6.10 Å². The van der Waals surface area contributed by atoms with Gasteiger partial charge in [0.2, 0.25) is 5.91 Å². The lowest BCUT2D eigenvalue weighted by Gasteiger charge is -2.15. The highest BCUT2D eigenvalue weighted by molar-refractivity contribution is 5.78. The third-order valence-corrected chi connectivity index (χ3v) is 3.90. The number of benzene rings is 1. The fraction of sp³-hybridized carbons (Fsp3) is 0.526. The summed E-state index contributed by atoms with van der Waals surface area (Å²) >= 11 is 0. The van der Waals surface area contributed by atoms with Gasteiger partial charge in [0.25, 0.3) is 0 Å². The average Bonchev–Trinajstić information content (AvgIpc) is 2.54. The molecule has 1 atom stereocenters. The smallest absolute Gasteiger partial charge is 0.224 e. The van der Waals surface area contributed by atoms with Crippen LogP contribution < -0.4 is 10.1 Å². The van der Waals surface area contributed by atoms with Crippen molar-refractivity contribution in [3.63, 3.8) is 0 Å². The van der Waals surface area contributed by atoms with E-state index in [1.54, 1.807) is 0 Å². The van der Waals surface area contributed by atoms with E-state index in [1.807, 2.05) is 38.1 Å². The first-order valence-corrected chi connectivity index (χ1v) is 8.44. The second kappa shape index (κ2) is 8.73. The van der Waals surface area contributed by atoms with Crippen molar-refractivity contribution in [2.24, 2.45) is 0 Å². The van der Waals surface area contributed by atoms with Crippen LogP contribution in [0.15, 0.2) is 35.9 Å². The lowest BCUT2D eigenvalue weighted by molar-refractivity contribution is -0.120. The molecular weight excluding hydrogens is 290 g/mol. The Balaban J connectivity index is 1.78. The number of allylic oxidation sites excluding steroid dienone is 1. The van der Waals surface area contributed by atoms with Gasteiger partial charge >= 0.3 is 0 Å². The molecule has 1 aliphatic rings. The molecule has 0 fully saturated rings. The highest BCUT2D eigenvalue weighted by atomic mass is 16.5. The molecule has 2 N–H and O–H groups in total. The van der Waals surface area contributed by atoms with Crippen molar-refractivity contribution >= 4 is 5.91 Å². The van der Waals surface area contributed by atoms with Crippen molar-refractivity contribution in [1.82, 2.24) is 5.32 Å². The fourth-order valence-corrected chi connectivity index (χ4v) is 2.70. The van der Waals surface area contributed by atoms with E-state index in [4.69, 9.17) is 4.74 Å². The van der Waals surface area contributed by atoms with Gasteiger partial charge in [-0.25, -0.2) is 0 Å². The molecule has 1 aromatic rings. The number of aliphatic hydroxyl groups is 1. The van der Waals surface area contributed by atoms with Crippen LogP contribution in [0.1, 0.15) is 57.6 Å². The molecule has 0 spiro atoms. The van der Waals surface area contributed by atoms with Crippen LogP contribution in [0.3, 0.4) is 0 Å². The molecule has 0 saturated heterocycles. The summed E-state index contributed by atoms with van der Waals surface area (Å²) in [5, 5.41) is 13.0. The number of aliphatic hydroxyl groups excluding tert-OH is 1. The largest absolute Gasteiger partial charge is 0.491 e. The standard InChI is InChI=1S/C19H27NO3/c1-14(2)23-17-10-8-16(9-11-17)18(21)13-20-19(22)12-15-6-4-3-5-7-15/h6,8-11,14,18,21H,3-5,7,12-13H2,1-2H3,(H,20,22). The second-order valence-corrected chi connectivity index (χ2v) is 6.34. The molecule has 0 radical (unpaired) electrons. The van der Waals surface area contributed by atoms with Gasteiger partial charge in [-0.3, -0.25) is 4.79 Å². The summed E-state index contributed by atoms with van der Waals surface area (Å²) in [6.45, 7) is 4.18. The van der Waals surface area contributed by atoms with Crippen molar-refractivity contribution in [3.8, 4) is 5.75 Å². The predicted octanol–water partition coefficient (Wildman–Crippen LogP) is 3.51. The van der Waals surface area contributed by atoms with Gasteiger partial charge in [0.15, 0.2) is 0 Å². The number of hydrogen-bond acceptors (Lipinski definition) is 3. The number of carbonyl (C=O) groups is 1. The SMILES string of the molecule is CC(C)Oc1ccc(C(O)CNC(=O)CC2=CCCCC2)cc1. The number of ether oxygens (including phenoxy) is 1. The third-order valence-electron chi connectivity index (χ3n) is 3.90. The minimum atomic E-state index is -0.701. The number of rotatable bonds is 7. The van der Waals surface area contributed by atoms with E-state index in [0.717, 1.165) is 24.2 Å². The van der Waals surface area contributed by atoms with Crippen LogP contribution in [0.5, 0.6) is 5.75 Å². The van der Waals surface area contributed by atoms with Crippen LogP contribution in [-0.2, 0) is 4.79 Å². The van der Waals surface area contributed by atoms with E-state index >= 15 is 0 Å². The molecule has 0 aromatic heterocycles. The van der Waals surface area contributed by atoms with Gasteiger partial charge in [-0.05, 0) is 57.2 Å². The number of hydrogen-bond donors (Lipinski definition) is 2. The molecule has 0 aliphatic heterocycles. The summed E-state index contributed by atoms with van der Waals surface area (Å²) < 4.78 is 5.57. The van der Waals surface area contributed by atoms with Crippen LogP contribution in [-0.4, -0.2) is 23.7 Å². The average molecular weight is 317 g/mol. The molecule has 126 valence electrons. The first kappa shape index (κ1) is 17.5. The zero-order chi connectivity index (χ0) is 16.7. The van der Waals surface area contributed by atoms with E-state index in [9.17, 15) is 9.90 Å². The zero-order valence-corrected chi connectivity index (χ0v) is 14.0. The van der Waals surface area contributed by atoms with Gasteiger partial charge in [0.05, 0.1) is 12.2 Å². The third kappa shape index (κ3) is 6.06. The van der Waals surface area contributed by atoms with Crippen LogP contribution in [0, 0.1) is 0 Å². The Kier molecular flexibility index (Phi) is 6.66. The number of amides is 1. The molecule has 0 heterocycles. The number of carbonyl (C=O) groups excluding carboxylic acids is 1. The maximum Gasteiger partial charge on any atom is 0.224 e. The summed E-state index contributed by atoms with van der Waals surface area (Å²) in [6, 6.07) is 7.34. The van der Waals surface area contributed by atoms with Gasteiger partial charge in [-0.15, -0.1) is 0 Å². The van der Waals surface area contributed by atoms with Crippen molar-refractivity contribution < 1.29 is 14.6 Å². The van der Waals surface area contributed by atoms with Gasteiger partial charge in [-0.1, -0.05) is 23.8 Å². The van der Waals surface area contributed by atoms with E-state index in [1.165, 1.54) is 18.4 Å². The molecular formula is C19H27NO3. The van der Waals surface area contributed by atoms with E-state index in [2.05, 4.69) is 11.4 Å². The Labute approximate surface area is 138 Å². The lowest BCUT2D eigenvalue weighted by Crippen LogP contribution is -2.28. The van der Waals surface area contributed by atoms with Crippen LogP contribution in [0.25, 0.3) is 0 Å². The summed E-state index contributed by atoms with van der Waals surface area (Å²) in [5.41, 5.74) is 2.00. The fourth-order valence-electron chi connectivity index (χ4n) is 2.70. The molecule has 2 rings (SSSR count). The monoisotopic (exact) mass is 317 g/mol. The summed E-state index contributed by atoms with van der Waals surface area (Å²) in [5.74, 6) is 0.765. The predicted molar refractivity (Wildman–Crippen MR) is 91.3 cm³/mol. The molecule has 1 aromatic carbocycles. The molecule has 1 aliphatic carbocycles. The summed E-state index contributed by atoms with van der Waals surface area (Å²) in [6.07, 6.45) is 6.54. The summed E-state index contributed by atoms with van der Waals surface area (Å²) in [7, 11) is 0. The van der Waals surface area contributed by atoms with Gasteiger partial charge < -0.3 is 15.2 Å². The Morgan fingerprint density at radius 3 is 2.61 bits per heavy atom. The van der Waals surface area contributed by atoms with Crippen molar-refractivity contribution in [2.45, 2.75) is 58.2 Å². The van der Waals surface area contributed by atoms with Gasteiger partial charge in [-0.2, -0.15) is 0 Å². The Morgan fingerprint density at radius 2 is 2.00 bits per heavy atom. The maximum absolute atomic E-state index is 11.9. The quantitative estimate of drug-likeness (QED) is 0.757. The molecule has 0 bridgehead atoms. The minimum absolute atomic E-state index is 0.0167. The van der Waals surface area contributed by atoms with E-state index in [0.29, 0.717) is 6.42 Å². The Morgan fingerprint density at radius 1 is 1.26 bits per heavy atom. The minimum Gasteiger partial charge on any atom is -0.491 e.